The molecule has 1 aliphatic heterocycles. The molecule has 1 aromatic carbocycles. The molecule has 0 radical (unpaired) electrons. The van der Waals surface area contributed by atoms with Crippen LogP contribution >= 0.6 is 15.9 Å². The molecule has 1 atom stereocenters. The Morgan fingerprint density at radius 3 is 2.86 bits per heavy atom. The predicted molar refractivity (Wildman–Crippen MR) is 53.4 cm³/mol. The monoisotopic (exact) mass is 258 g/mol. The first kappa shape index (κ1) is 9.45. The molecular formula is C9H8BrFN2O. The molecule has 2 N–H and O–H groups in total. The summed E-state index contributed by atoms with van der Waals surface area (Å²) >= 11 is 3.07. The lowest BCUT2D eigenvalue weighted by Crippen LogP contribution is -2.21. The first-order valence-electron chi connectivity index (χ1n) is 4.16. The maximum Gasteiger partial charge on any atom is 0.315 e. The van der Waals surface area contributed by atoms with Crippen LogP contribution in [0.3, 0.4) is 0 Å². The van der Waals surface area contributed by atoms with E-state index in [0.717, 1.165) is 5.56 Å². The van der Waals surface area contributed by atoms with Gasteiger partial charge in [-0.3, -0.25) is 0 Å². The molecule has 2 amide bonds. The normalized spacial score (nSPS) is 20.4. The SMILES string of the molecule is O=C1NC[C@@H](c2ccc(Br)c(F)c2)N1. The summed E-state index contributed by atoms with van der Waals surface area (Å²) < 4.78 is 13.6. The summed E-state index contributed by atoms with van der Waals surface area (Å²) in [5, 5.41) is 5.30. The lowest BCUT2D eigenvalue weighted by atomic mass is 10.1. The van der Waals surface area contributed by atoms with Gasteiger partial charge in [-0.05, 0) is 33.6 Å². The van der Waals surface area contributed by atoms with E-state index >= 15 is 0 Å². The molecular weight excluding hydrogens is 251 g/mol. The number of carbonyl (C=O) groups is 1. The van der Waals surface area contributed by atoms with Crippen molar-refractivity contribution in [3.05, 3.63) is 34.1 Å². The minimum absolute atomic E-state index is 0.134. The Bertz CT molecular complexity index is 383. The Morgan fingerprint density at radius 2 is 2.29 bits per heavy atom. The van der Waals surface area contributed by atoms with Crippen molar-refractivity contribution in [1.29, 1.82) is 0 Å². The second kappa shape index (κ2) is 3.57. The third-order valence-electron chi connectivity index (χ3n) is 2.12. The van der Waals surface area contributed by atoms with Crippen molar-refractivity contribution < 1.29 is 9.18 Å². The molecule has 5 heteroatoms. The number of halogens is 2. The van der Waals surface area contributed by atoms with E-state index in [1.165, 1.54) is 6.07 Å². The average Bonchev–Trinajstić information content (AvgIpc) is 2.57. The molecule has 0 bridgehead atoms. The Kier molecular flexibility index (Phi) is 2.41. The minimum Gasteiger partial charge on any atom is -0.336 e. The lowest BCUT2D eigenvalue weighted by molar-refractivity contribution is 0.247. The summed E-state index contributed by atoms with van der Waals surface area (Å²) in [5.41, 5.74) is 0.768. The highest BCUT2D eigenvalue weighted by molar-refractivity contribution is 9.10. The summed E-state index contributed by atoms with van der Waals surface area (Å²) in [6.07, 6.45) is 0. The third kappa shape index (κ3) is 1.72. The van der Waals surface area contributed by atoms with E-state index < -0.39 is 0 Å². The molecule has 0 aromatic heterocycles. The van der Waals surface area contributed by atoms with Crippen LogP contribution in [0.1, 0.15) is 11.6 Å². The highest BCUT2D eigenvalue weighted by Gasteiger charge is 2.21. The van der Waals surface area contributed by atoms with E-state index in [9.17, 15) is 9.18 Å². The van der Waals surface area contributed by atoms with E-state index in [1.807, 2.05) is 0 Å². The number of hydrogen-bond acceptors (Lipinski definition) is 1. The van der Waals surface area contributed by atoms with Gasteiger partial charge in [-0.1, -0.05) is 6.07 Å². The zero-order valence-corrected chi connectivity index (χ0v) is 8.77. The molecule has 0 aliphatic carbocycles. The smallest absolute Gasteiger partial charge is 0.315 e. The standard InChI is InChI=1S/C9H8BrFN2O/c10-6-2-1-5(3-7(6)11)8-4-12-9(14)13-8/h1-3,8H,4H2,(H2,12,13,14)/t8-/m0/s1. The molecule has 0 unspecified atom stereocenters. The van der Waals surface area contributed by atoms with Crippen LogP contribution < -0.4 is 10.6 Å². The summed E-state index contributed by atoms with van der Waals surface area (Å²) in [6, 6.07) is 4.49. The Balaban J connectivity index is 2.24. The van der Waals surface area contributed by atoms with E-state index in [4.69, 9.17) is 0 Å². The van der Waals surface area contributed by atoms with Gasteiger partial charge >= 0.3 is 6.03 Å². The average molecular weight is 259 g/mol. The van der Waals surface area contributed by atoms with Gasteiger partial charge < -0.3 is 10.6 Å². The molecule has 0 saturated carbocycles. The van der Waals surface area contributed by atoms with E-state index in [0.29, 0.717) is 11.0 Å². The Morgan fingerprint density at radius 1 is 1.50 bits per heavy atom. The van der Waals surface area contributed by atoms with Gasteiger partial charge in [-0.25, -0.2) is 9.18 Å². The lowest BCUT2D eigenvalue weighted by Gasteiger charge is -2.08. The number of carbonyl (C=O) groups excluding carboxylic acids is 1. The molecule has 1 heterocycles. The predicted octanol–water partition coefficient (Wildman–Crippen LogP) is 1.94. The highest BCUT2D eigenvalue weighted by atomic mass is 79.9. The van der Waals surface area contributed by atoms with Crippen LogP contribution in [-0.4, -0.2) is 12.6 Å². The highest BCUT2D eigenvalue weighted by Crippen LogP contribution is 2.21. The van der Waals surface area contributed by atoms with Crippen LogP contribution in [-0.2, 0) is 0 Å². The van der Waals surface area contributed by atoms with Crippen molar-refractivity contribution in [3.63, 3.8) is 0 Å². The molecule has 14 heavy (non-hydrogen) atoms. The minimum atomic E-state index is -0.316. The number of hydrogen-bond donors (Lipinski definition) is 2. The fourth-order valence-corrected chi connectivity index (χ4v) is 1.63. The first-order valence-corrected chi connectivity index (χ1v) is 4.95. The molecule has 1 aliphatic rings. The van der Waals surface area contributed by atoms with Crippen molar-refractivity contribution in [2.75, 3.05) is 6.54 Å². The molecule has 0 spiro atoms. The second-order valence-corrected chi connectivity index (χ2v) is 3.93. The number of benzene rings is 1. The molecule has 1 aromatic rings. The third-order valence-corrected chi connectivity index (χ3v) is 2.76. The summed E-state index contributed by atoms with van der Waals surface area (Å²) in [6.45, 7) is 0.500. The van der Waals surface area contributed by atoms with Gasteiger partial charge in [0, 0.05) is 6.54 Å². The topological polar surface area (TPSA) is 41.1 Å². The maximum absolute atomic E-state index is 13.1. The van der Waals surface area contributed by atoms with Gasteiger partial charge in [0.05, 0.1) is 10.5 Å². The fourth-order valence-electron chi connectivity index (χ4n) is 1.39. The number of nitrogens with one attached hydrogen (secondary N) is 2. The van der Waals surface area contributed by atoms with Crippen molar-refractivity contribution >= 4 is 22.0 Å². The van der Waals surface area contributed by atoms with Crippen LogP contribution in [0.2, 0.25) is 0 Å². The first-order chi connectivity index (χ1) is 6.66. The van der Waals surface area contributed by atoms with Gasteiger partial charge in [0.25, 0.3) is 0 Å². The van der Waals surface area contributed by atoms with Gasteiger partial charge in [-0.2, -0.15) is 0 Å². The summed E-state index contributed by atoms with van der Waals surface area (Å²) in [5.74, 6) is -0.316. The Hall–Kier alpha value is -1.10. The zero-order chi connectivity index (χ0) is 10.1. The molecule has 1 fully saturated rings. The largest absolute Gasteiger partial charge is 0.336 e. The van der Waals surface area contributed by atoms with Crippen molar-refractivity contribution in [2.45, 2.75) is 6.04 Å². The molecule has 1 saturated heterocycles. The van der Waals surface area contributed by atoms with Crippen molar-refractivity contribution in [1.82, 2.24) is 10.6 Å². The summed E-state index contributed by atoms with van der Waals surface area (Å²) in [7, 11) is 0. The fraction of sp³-hybridized carbons (Fsp3) is 0.222. The van der Waals surface area contributed by atoms with Gasteiger partial charge in [0.15, 0.2) is 0 Å². The zero-order valence-electron chi connectivity index (χ0n) is 7.18. The van der Waals surface area contributed by atoms with E-state index in [1.54, 1.807) is 12.1 Å². The van der Waals surface area contributed by atoms with Gasteiger partial charge in [-0.15, -0.1) is 0 Å². The second-order valence-electron chi connectivity index (χ2n) is 3.08. The maximum atomic E-state index is 13.1. The summed E-state index contributed by atoms with van der Waals surface area (Å²) in [4.78, 5) is 10.9. The van der Waals surface area contributed by atoms with Crippen LogP contribution in [0.4, 0.5) is 9.18 Å². The van der Waals surface area contributed by atoms with Crippen LogP contribution in [0.25, 0.3) is 0 Å². The van der Waals surface area contributed by atoms with Crippen molar-refractivity contribution in [3.8, 4) is 0 Å². The van der Waals surface area contributed by atoms with Gasteiger partial charge in [0.1, 0.15) is 5.82 Å². The van der Waals surface area contributed by atoms with Crippen LogP contribution in [0.15, 0.2) is 22.7 Å². The Labute approximate surface area is 88.8 Å². The quantitative estimate of drug-likeness (QED) is 0.795. The van der Waals surface area contributed by atoms with E-state index in [2.05, 4.69) is 26.6 Å². The molecule has 3 nitrogen and oxygen atoms in total. The molecule has 2 rings (SSSR count). The van der Waals surface area contributed by atoms with Crippen LogP contribution in [0.5, 0.6) is 0 Å². The van der Waals surface area contributed by atoms with Crippen LogP contribution in [0, 0.1) is 5.82 Å². The molecule has 74 valence electrons. The van der Waals surface area contributed by atoms with Gasteiger partial charge in [0.2, 0.25) is 0 Å². The number of urea groups is 1. The van der Waals surface area contributed by atoms with E-state index in [-0.39, 0.29) is 17.9 Å². The van der Waals surface area contributed by atoms with Crippen molar-refractivity contribution in [2.24, 2.45) is 0 Å². The number of amides is 2. The number of rotatable bonds is 1.